The lowest BCUT2D eigenvalue weighted by atomic mass is 9.88. The number of esters is 2. The summed E-state index contributed by atoms with van der Waals surface area (Å²) in [6.45, 7) is 9.27. The summed E-state index contributed by atoms with van der Waals surface area (Å²) in [5.41, 5.74) is 11.2. The van der Waals surface area contributed by atoms with Crippen molar-refractivity contribution in [1.29, 1.82) is 5.41 Å². The number of carboxylic acid groups (broad SMARTS) is 1. The number of nitrogens with one attached hydrogen (secondary N) is 6. The second-order valence-corrected chi connectivity index (χ2v) is 19.4. The summed E-state index contributed by atoms with van der Waals surface area (Å²) >= 11 is 2.12. The number of nitrogens with zero attached hydrogens (tertiary/aromatic N) is 1. The number of aryl methyl sites for hydroxylation is 1. The van der Waals surface area contributed by atoms with Crippen molar-refractivity contribution in [2.45, 2.75) is 90.7 Å². The molecule has 4 atom stereocenters. The van der Waals surface area contributed by atoms with Crippen LogP contribution in [0.4, 0.5) is 5.69 Å². The number of hydrazine groups is 1. The third-order valence-electron chi connectivity index (χ3n) is 11.7. The number of imide groups is 1. The van der Waals surface area contributed by atoms with E-state index in [2.05, 4.69) is 26.7 Å². The average Bonchev–Trinajstić information content (AvgIpc) is 3.64. The van der Waals surface area contributed by atoms with Crippen LogP contribution in [0.3, 0.4) is 0 Å². The maximum absolute atomic E-state index is 13.6. The molecule has 0 bridgehead atoms. The zero-order valence-corrected chi connectivity index (χ0v) is 43.4. The Kier molecular flexibility index (Phi) is 20.7. The number of fused-ring (bicyclic) bond motifs is 2. The molecule has 1 aliphatic carbocycles. The molecule has 3 aliphatic rings. The minimum atomic E-state index is -1.38. The van der Waals surface area contributed by atoms with Gasteiger partial charge in [-0.15, -0.1) is 11.8 Å². The van der Waals surface area contributed by atoms with Crippen molar-refractivity contribution < 1.29 is 66.9 Å². The summed E-state index contributed by atoms with van der Waals surface area (Å²) in [5.74, 6) is -6.30. The van der Waals surface area contributed by atoms with E-state index >= 15 is 0 Å². The SMILES string of the molecule is CCC(=O)N[C@@H](CSCC(COC(=O)CC)OC(=O)CC)C(=O)CNCCNC(=O)C(CSC1CC(=O)N(NC(=O)c2ccc(-c3c4ccc(=N)c(C)c-4oc4c(C)c(N)ccc34)c(C(=O)O)c2)C1=O)NC(C)=O. The molecule has 0 spiro atoms. The summed E-state index contributed by atoms with van der Waals surface area (Å²) in [5, 5.41) is 29.8. The average molecular weight is 1060 g/mol. The highest BCUT2D eigenvalue weighted by Gasteiger charge is 2.41. The summed E-state index contributed by atoms with van der Waals surface area (Å²) in [7, 11) is 0. The molecule has 0 saturated carbocycles. The molecule has 74 heavy (non-hydrogen) atoms. The molecule has 396 valence electrons. The predicted octanol–water partition coefficient (Wildman–Crippen LogP) is 2.77. The second-order valence-electron chi connectivity index (χ2n) is 17.0. The number of hydrogen-bond donors (Lipinski definition) is 8. The molecule has 0 aromatic heterocycles. The van der Waals surface area contributed by atoms with Gasteiger partial charge in [0, 0.05) is 102 Å². The molecule has 0 radical (unpaired) electrons. The molecule has 24 heteroatoms. The molecule has 6 amide bonds. The van der Waals surface area contributed by atoms with Crippen LogP contribution >= 0.6 is 23.5 Å². The predicted molar refractivity (Wildman–Crippen MR) is 275 cm³/mol. The molecule has 2 aromatic rings. The van der Waals surface area contributed by atoms with Crippen LogP contribution in [0.15, 0.2) is 46.9 Å². The first kappa shape index (κ1) is 57.6. The second kappa shape index (κ2) is 26.6. The van der Waals surface area contributed by atoms with Gasteiger partial charge in [-0.3, -0.25) is 48.6 Å². The Labute approximate surface area is 434 Å². The molecule has 22 nitrogen and oxygen atoms in total. The number of hydrogen-bond acceptors (Lipinski definition) is 18. The number of aromatic carboxylic acids is 1. The Balaban J connectivity index is 1.17. The number of carbonyl (C=O) groups is 10. The number of carboxylic acids is 1. The van der Waals surface area contributed by atoms with Crippen LogP contribution in [0.5, 0.6) is 0 Å². The first-order valence-electron chi connectivity index (χ1n) is 23.7. The van der Waals surface area contributed by atoms with E-state index in [-0.39, 0.29) is 103 Å². The topological polar surface area (TPSA) is 336 Å². The summed E-state index contributed by atoms with van der Waals surface area (Å²) in [6, 6.07) is 8.42. The third-order valence-corrected chi connectivity index (χ3v) is 14.2. The van der Waals surface area contributed by atoms with Gasteiger partial charge >= 0.3 is 17.9 Å². The number of amides is 6. The number of ketones is 1. The van der Waals surface area contributed by atoms with E-state index in [0.717, 1.165) is 17.8 Å². The van der Waals surface area contributed by atoms with Gasteiger partial charge in [-0.05, 0) is 55.8 Å². The van der Waals surface area contributed by atoms with Crippen LogP contribution in [0, 0.1) is 19.3 Å². The first-order valence-corrected chi connectivity index (χ1v) is 25.9. The normalized spacial score (nSPS) is 14.5. The molecular formula is C50H60N8O14S2. The van der Waals surface area contributed by atoms with Crippen molar-refractivity contribution in [3.8, 4) is 22.5 Å². The minimum absolute atomic E-state index is 0.00453. The maximum Gasteiger partial charge on any atom is 0.336 e. The molecule has 1 fully saturated rings. The number of nitrogens with two attached hydrogens (primary N) is 1. The fourth-order valence-corrected chi connectivity index (χ4v) is 9.80. The number of Topliss-reactive ketones (excluding diaryl/α,β-unsaturated/α-hetero) is 1. The molecule has 9 N–H and O–H groups in total. The molecular weight excluding hydrogens is 1000 g/mol. The van der Waals surface area contributed by atoms with Gasteiger partial charge < -0.3 is 51.4 Å². The van der Waals surface area contributed by atoms with Crippen molar-refractivity contribution in [2.75, 3.05) is 49.2 Å². The van der Waals surface area contributed by atoms with Gasteiger partial charge in [0.05, 0.1) is 28.8 Å². The van der Waals surface area contributed by atoms with Gasteiger partial charge in [0.25, 0.3) is 11.8 Å². The first-order chi connectivity index (χ1) is 35.2. The van der Waals surface area contributed by atoms with E-state index in [1.54, 1.807) is 58.9 Å². The van der Waals surface area contributed by atoms with E-state index in [1.807, 2.05) is 0 Å². The highest BCUT2D eigenvalue weighted by Crippen LogP contribution is 2.44. The largest absolute Gasteiger partial charge is 0.478 e. The quantitative estimate of drug-likeness (QED) is 0.0147. The number of nitrogen functional groups attached to an aromatic ring is 1. The summed E-state index contributed by atoms with van der Waals surface area (Å²) < 4.78 is 16.8. The highest BCUT2D eigenvalue weighted by molar-refractivity contribution is 8.00. The van der Waals surface area contributed by atoms with Crippen LogP contribution in [0.25, 0.3) is 33.4 Å². The Morgan fingerprint density at radius 3 is 2.27 bits per heavy atom. The van der Waals surface area contributed by atoms with Gasteiger partial charge in [-0.1, -0.05) is 26.8 Å². The van der Waals surface area contributed by atoms with Crippen LogP contribution in [-0.2, 0) is 47.8 Å². The molecule has 3 unspecified atom stereocenters. The van der Waals surface area contributed by atoms with Crippen LogP contribution in [-0.4, -0.2) is 136 Å². The summed E-state index contributed by atoms with van der Waals surface area (Å²) in [6.07, 6.45) is -0.759. The van der Waals surface area contributed by atoms with Crippen LogP contribution in [0.1, 0.15) is 85.2 Å². The Bertz CT molecular complexity index is 2870. The maximum atomic E-state index is 13.6. The minimum Gasteiger partial charge on any atom is -0.478 e. The Hall–Kier alpha value is -7.31. The van der Waals surface area contributed by atoms with Crippen molar-refractivity contribution >= 4 is 99.3 Å². The number of anilines is 1. The Morgan fingerprint density at radius 1 is 0.878 bits per heavy atom. The van der Waals surface area contributed by atoms with E-state index < -0.39 is 70.9 Å². The van der Waals surface area contributed by atoms with Gasteiger partial charge in [0.1, 0.15) is 30.1 Å². The number of ether oxygens (including phenoxy) is 2. The third kappa shape index (κ3) is 14.7. The van der Waals surface area contributed by atoms with Gasteiger partial charge in [0.2, 0.25) is 23.6 Å². The van der Waals surface area contributed by atoms with E-state index in [0.29, 0.717) is 49.7 Å². The zero-order valence-electron chi connectivity index (χ0n) is 41.7. The van der Waals surface area contributed by atoms with Crippen molar-refractivity contribution in [3.63, 3.8) is 0 Å². The van der Waals surface area contributed by atoms with Gasteiger partial charge in [-0.25, -0.2) is 4.79 Å². The smallest absolute Gasteiger partial charge is 0.336 e. The number of rotatable bonds is 26. The van der Waals surface area contributed by atoms with Crippen molar-refractivity contribution in [1.82, 2.24) is 31.7 Å². The summed E-state index contributed by atoms with van der Waals surface area (Å²) in [4.78, 5) is 128. The Morgan fingerprint density at radius 2 is 1.59 bits per heavy atom. The molecule has 5 rings (SSSR count). The number of thioether (sulfide) groups is 2. The molecule has 1 saturated heterocycles. The molecule has 2 heterocycles. The fourth-order valence-electron chi connectivity index (χ4n) is 7.57. The highest BCUT2D eigenvalue weighted by atomic mass is 32.2. The zero-order chi connectivity index (χ0) is 54.4. The lowest BCUT2D eigenvalue weighted by Crippen LogP contribution is -2.50. The van der Waals surface area contributed by atoms with Crippen LogP contribution < -0.4 is 37.8 Å². The van der Waals surface area contributed by atoms with E-state index in [4.69, 9.17) is 25.0 Å². The fraction of sp³-hybridized carbons (Fsp3) is 0.420. The number of benzene rings is 3. The monoisotopic (exact) mass is 1060 g/mol. The molecule has 2 aliphatic heterocycles. The van der Waals surface area contributed by atoms with Gasteiger partial charge in [-0.2, -0.15) is 16.8 Å². The van der Waals surface area contributed by atoms with Crippen molar-refractivity contribution in [3.05, 3.63) is 70.1 Å². The van der Waals surface area contributed by atoms with E-state index in [9.17, 15) is 53.1 Å². The van der Waals surface area contributed by atoms with Gasteiger partial charge in [0.15, 0.2) is 5.78 Å². The lowest BCUT2D eigenvalue weighted by molar-refractivity contribution is -0.157. The van der Waals surface area contributed by atoms with E-state index in [1.165, 1.54) is 30.8 Å². The number of carbonyl (C=O) groups excluding carboxylic acids is 9. The molecule has 2 aromatic carbocycles. The van der Waals surface area contributed by atoms with Crippen molar-refractivity contribution in [2.24, 2.45) is 0 Å². The standard InChI is InChI=1S/C50H60N8O14S2/c1-7-40(61)56-36(23-73-22-29(71-43(64)9-3)21-70-42(63)8-2)38(60)20-53-16-17-54-48(66)37(55-27(6)59)24-74-39-19-41(62)58(49(39)67)57-47(65)28-10-11-30(33(18-28)50(68)69)44-31-12-14-34(51)25(4)45(31)72-46-26(5)35(52)15-13-32(44)46/h10-15,18,29,36-37,39,51,53H,7-9,16-17,19-24,52H2,1-6H3,(H,54,66)(H,55,59)(H,56,61)(H,57,65)(H,68,69)/t29?,36-,37?,39?/m0/s1. The lowest BCUT2D eigenvalue weighted by Gasteiger charge is -2.21. The van der Waals surface area contributed by atoms with Crippen LogP contribution in [0.2, 0.25) is 0 Å².